The number of halogens is 2. The highest BCUT2D eigenvalue weighted by molar-refractivity contribution is 5.93. The Labute approximate surface area is 170 Å². The maximum atomic E-state index is 14.7. The van der Waals surface area contributed by atoms with Crippen molar-refractivity contribution in [1.82, 2.24) is 4.98 Å². The van der Waals surface area contributed by atoms with Gasteiger partial charge in [-0.2, -0.15) is 0 Å². The van der Waals surface area contributed by atoms with Crippen molar-refractivity contribution in [2.45, 2.75) is 45.6 Å². The molecule has 0 aliphatic carbocycles. The normalized spacial score (nSPS) is 15.8. The lowest BCUT2D eigenvalue weighted by molar-refractivity contribution is -0.00967. The number of benzene rings is 2. The molecule has 0 saturated carbocycles. The quantitative estimate of drug-likeness (QED) is 0.517. The van der Waals surface area contributed by atoms with E-state index in [-0.39, 0.29) is 18.5 Å². The number of alkyl halides is 2. The molecule has 4 rings (SSSR count). The van der Waals surface area contributed by atoms with Gasteiger partial charge in [-0.3, -0.25) is 0 Å². The van der Waals surface area contributed by atoms with Gasteiger partial charge in [0.1, 0.15) is 5.82 Å². The molecule has 0 fully saturated rings. The number of anilines is 2. The Bertz CT molecular complexity index is 1020. The second kappa shape index (κ2) is 7.97. The van der Waals surface area contributed by atoms with E-state index in [1.165, 1.54) is 5.56 Å². The first kappa shape index (κ1) is 19.6. The van der Waals surface area contributed by atoms with E-state index in [4.69, 9.17) is 4.98 Å². The Hall–Kier alpha value is -2.69. The predicted molar refractivity (Wildman–Crippen MR) is 116 cm³/mol. The molecule has 3 aromatic rings. The van der Waals surface area contributed by atoms with Crippen molar-refractivity contribution < 1.29 is 8.78 Å². The van der Waals surface area contributed by atoms with Crippen LogP contribution >= 0.6 is 0 Å². The summed E-state index contributed by atoms with van der Waals surface area (Å²) in [5.41, 5.74) is 3.89. The van der Waals surface area contributed by atoms with Gasteiger partial charge < -0.3 is 10.2 Å². The largest absolute Gasteiger partial charge is 0.384 e. The van der Waals surface area contributed by atoms with Crippen LogP contribution in [0.1, 0.15) is 42.9 Å². The molecule has 0 amide bonds. The van der Waals surface area contributed by atoms with Crippen molar-refractivity contribution in [1.29, 1.82) is 0 Å². The summed E-state index contributed by atoms with van der Waals surface area (Å²) in [5, 5.41) is 4.61. The van der Waals surface area contributed by atoms with Crippen LogP contribution in [0.3, 0.4) is 0 Å². The Balaban J connectivity index is 1.74. The summed E-state index contributed by atoms with van der Waals surface area (Å²) in [6.07, 6.45) is 1.98. The molecule has 0 radical (unpaired) electrons. The van der Waals surface area contributed by atoms with Gasteiger partial charge in [-0.15, -0.1) is 0 Å². The molecule has 152 valence electrons. The minimum absolute atomic E-state index is 0.139. The first-order valence-corrected chi connectivity index (χ1v) is 10.3. The number of pyridine rings is 1. The second-order valence-corrected chi connectivity index (χ2v) is 7.86. The molecule has 0 atom stereocenters. The van der Waals surface area contributed by atoms with E-state index in [0.717, 1.165) is 41.8 Å². The molecule has 1 N–H and O–H groups in total. The number of hydrogen-bond acceptors (Lipinski definition) is 3. The number of aryl methyl sites for hydroxylation is 1. The molecule has 1 aromatic heterocycles. The summed E-state index contributed by atoms with van der Waals surface area (Å²) < 4.78 is 29.3. The summed E-state index contributed by atoms with van der Waals surface area (Å²) in [6.45, 7) is 5.81. The van der Waals surface area contributed by atoms with Crippen molar-refractivity contribution in [3.8, 4) is 0 Å². The molecular weight excluding hydrogens is 368 g/mol. The van der Waals surface area contributed by atoms with Gasteiger partial charge in [-0.05, 0) is 31.0 Å². The van der Waals surface area contributed by atoms with Crippen molar-refractivity contribution >= 4 is 22.4 Å². The number of hydrogen-bond donors (Lipinski definition) is 1. The molecule has 0 bridgehead atoms. The third kappa shape index (κ3) is 4.04. The molecule has 2 heterocycles. The minimum atomic E-state index is -2.82. The lowest BCUT2D eigenvalue weighted by Crippen LogP contribution is -2.25. The predicted octanol–water partition coefficient (Wildman–Crippen LogP) is 6.26. The van der Waals surface area contributed by atoms with Crippen LogP contribution in [0.25, 0.3) is 10.9 Å². The Kier molecular flexibility index (Phi) is 5.39. The van der Waals surface area contributed by atoms with Gasteiger partial charge in [0.05, 0.1) is 5.52 Å². The highest BCUT2D eigenvalue weighted by Crippen LogP contribution is 2.39. The van der Waals surface area contributed by atoms with Crippen molar-refractivity contribution in [3.05, 3.63) is 65.2 Å². The van der Waals surface area contributed by atoms with E-state index in [9.17, 15) is 8.78 Å². The number of rotatable bonds is 5. The van der Waals surface area contributed by atoms with Crippen LogP contribution in [0.2, 0.25) is 0 Å². The van der Waals surface area contributed by atoms with Crippen LogP contribution in [0.15, 0.2) is 48.5 Å². The molecule has 3 nitrogen and oxygen atoms in total. The van der Waals surface area contributed by atoms with Crippen LogP contribution < -0.4 is 10.2 Å². The van der Waals surface area contributed by atoms with Gasteiger partial charge in [-0.1, -0.05) is 49.2 Å². The molecule has 2 aromatic carbocycles. The summed E-state index contributed by atoms with van der Waals surface area (Å²) in [6, 6.07) is 15.1. The zero-order valence-corrected chi connectivity index (χ0v) is 17.0. The maximum absolute atomic E-state index is 14.7. The summed E-state index contributed by atoms with van der Waals surface area (Å²) in [4.78, 5) is 6.81. The first-order valence-electron chi connectivity index (χ1n) is 10.3. The van der Waals surface area contributed by atoms with Gasteiger partial charge in [0, 0.05) is 48.8 Å². The zero-order valence-electron chi connectivity index (χ0n) is 17.0. The van der Waals surface area contributed by atoms with Crippen LogP contribution in [0.5, 0.6) is 0 Å². The molecule has 1 aliphatic heterocycles. The van der Waals surface area contributed by atoms with Crippen LogP contribution in [-0.2, 0) is 12.5 Å². The van der Waals surface area contributed by atoms with E-state index in [2.05, 4.69) is 25.2 Å². The summed E-state index contributed by atoms with van der Waals surface area (Å²) in [5.74, 6) is -2.07. The fourth-order valence-corrected chi connectivity index (χ4v) is 3.94. The average molecular weight is 395 g/mol. The minimum Gasteiger partial charge on any atom is -0.384 e. The Morgan fingerprint density at radius 3 is 2.79 bits per heavy atom. The highest BCUT2D eigenvalue weighted by atomic mass is 19.3. The maximum Gasteiger partial charge on any atom is 0.275 e. The second-order valence-electron chi connectivity index (χ2n) is 7.86. The van der Waals surface area contributed by atoms with Crippen molar-refractivity contribution in [2.75, 3.05) is 23.3 Å². The molecule has 0 unspecified atom stereocenters. The molecule has 0 saturated heterocycles. The monoisotopic (exact) mass is 395 g/mol. The SMILES string of the molecule is CCCCNc1cc(N2CCC(F)(F)c3ccccc3C2)nc2ccc(C)cc12. The fourth-order valence-electron chi connectivity index (χ4n) is 3.94. The smallest absolute Gasteiger partial charge is 0.275 e. The topological polar surface area (TPSA) is 28.2 Å². The number of nitrogens with one attached hydrogen (secondary N) is 1. The molecular formula is C24H27F2N3. The molecule has 0 spiro atoms. The average Bonchev–Trinajstić information content (AvgIpc) is 2.84. The van der Waals surface area contributed by atoms with Gasteiger partial charge in [-0.25, -0.2) is 13.8 Å². The summed E-state index contributed by atoms with van der Waals surface area (Å²) >= 11 is 0. The van der Waals surface area contributed by atoms with Gasteiger partial charge in [0.15, 0.2) is 0 Å². The Morgan fingerprint density at radius 2 is 1.97 bits per heavy atom. The third-order valence-electron chi connectivity index (χ3n) is 5.59. The number of fused-ring (bicyclic) bond motifs is 2. The van der Waals surface area contributed by atoms with Gasteiger partial charge in [0.25, 0.3) is 5.92 Å². The standard InChI is InChI=1S/C24H27F2N3/c1-3-4-12-27-22-15-23(28-21-10-9-17(2)14-19(21)22)29-13-11-24(25,26)20-8-6-5-7-18(20)16-29/h5-10,14-15H,3-4,11-13,16H2,1-2H3,(H,27,28). The fraction of sp³-hybridized carbons (Fsp3) is 0.375. The van der Waals surface area contributed by atoms with Gasteiger partial charge >= 0.3 is 0 Å². The molecule has 5 heteroatoms. The first-order chi connectivity index (χ1) is 14.0. The number of aromatic nitrogens is 1. The van der Waals surface area contributed by atoms with Gasteiger partial charge in [0.2, 0.25) is 0 Å². The number of nitrogens with zero attached hydrogens (tertiary/aromatic N) is 2. The van der Waals surface area contributed by atoms with E-state index in [1.54, 1.807) is 18.2 Å². The highest BCUT2D eigenvalue weighted by Gasteiger charge is 2.37. The van der Waals surface area contributed by atoms with E-state index in [0.29, 0.717) is 12.1 Å². The van der Waals surface area contributed by atoms with Crippen LogP contribution in [0.4, 0.5) is 20.3 Å². The van der Waals surface area contributed by atoms with Crippen molar-refractivity contribution in [2.24, 2.45) is 0 Å². The molecule has 1 aliphatic rings. The van der Waals surface area contributed by atoms with E-state index < -0.39 is 5.92 Å². The number of unbranched alkanes of at least 4 members (excludes halogenated alkanes) is 1. The summed E-state index contributed by atoms with van der Waals surface area (Å²) in [7, 11) is 0. The van der Waals surface area contributed by atoms with E-state index in [1.807, 2.05) is 29.2 Å². The van der Waals surface area contributed by atoms with Crippen molar-refractivity contribution in [3.63, 3.8) is 0 Å². The lowest BCUT2D eigenvalue weighted by atomic mass is 10.0. The lowest BCUT2D eigenvalue weighted by Gasteiger charge is -2.24. The third-order valence-corrected chi connectivity index (χ3v) is 5.59. The Morgan fingerprint density at radius 1 is 1.14 bits per heavy atom. The van der Waals surface area contributed by atoms with Crippen LogP contribution in [0, 0.1) is 6.92 Å². The van der Waals surface area contributed by atoms with Crippen LogP contribution in [-0.4, -0.2) is 18.1 Å². The zero-order chi connectivity index (χ0) is 20.4. The molecule has 29 heavy (non-hydrogen) atoms. The van der Waals surface area contributed by atoms with E-state index >= 15 is 0 Å².